The Morgan fingerprint density at radius 1 is 1.29 bits per heavy atom. The second-order valence-corrected chi connectivity index (χ2v) is 5.02. The van der Waals surface area contributed by atoms with Gasteiger partial charge >= 0.3 is 12.1 Å². The van der Waals surface area contributed by atoms with Crippen molar-refractivity contribution in [2.24, 2.45) is 0 Å². The zero-order valence-electron chi connectivity index (χ0n) is 10.2. The molecule has 0 bridgehead atoms. The van der Waals surface area contributed by atoms with E-state index in [2.05, 4.69) is 10.2 Å². The molecule has 112 valence electrons. The van der Waals surface area contributed by atoms with Gasteiger partial charge in [0.25, 0.3) is 0 Å². The number of H-pyrrole nitrogens is 1. The molecule has 0 radical (unpaired) electrons. The molecular weight excluding hydrogens is 312 g/mol. The maximum absolute atomic E-state index is 12.7. The second kappa shape index (κ2) is 5.76. The zero-order valence-corrected chi connectivity index (χ0v) is 11.1. The van der Waals surface area contributed by atoms with E-state index in [4.69, 9.17) is 5.11 Å². The molecule has 0 saturated carbocycles. The molecule has 0 fully saturated rings. The van der Waals surface area contributed by atoms with Gasteiger partial charge in [-0.1, -0.05) is 0 Å². The first-order valence-electron chi connectivity index (χ1n) is 5.55. The van der Waals surface area contributed by atoms with Crippen LogP contribution in [-0.4, -0.2) is 21.3 Å². The Kier molecular flexibility index (Phi) is 4.21. The average Bonchev–Trinajstić information content (AvgIpc) is 2.82. The quantitative estimate of drug-likeness (QED) is 0.668. The van der Waals surface area contributed by atoms with Crippen LogP contribution >= 0.6 is 11.8 Å². The van der Waals surface area contributed by atoms with Crippen LogP contribution in [0.25, 0.3) is 0 Å². The minimum absolute atomic E-state index is 0.0592. The molecule has 0 aliphatic rings. The summed E-state index contributed by atoms with van der Waals surface area (Å²) in [7, 11) is 0. The van der Waals surface area contributed by atoms with Crippen LogP contribution in [0.4, 0.5) is 17.6 Å². The van der Waals surface area contributed by atoms with Crippen LogP contribution < -0.4 is 0 Å². The van der Waals surface area contributed by atoms with Gasteiger partial charge < -0.3 is 5.11 Å². The number of aromatic carboxylic acids is 1. The minimum Gasteiger partial charge on any atom is -0.478 e. The molecule has 0 aliphatic heterocycles. The number of aromatic nitrogens is 2. The lowest BCUT2D eigenvalue weighted by Crippen LogP contribution is -2.12. The number of thioether (sulfide) groups is 1. The first-order valence-corrected chi connectivity index (χ1v) is 6.53. The SMILES string of the molecule is O=C(O)c1c(C(F)(F)F)n[nH]c1CSc1ccc(F)cc1. The van der Waals surface area contributed by atoms with Crippen molar-refractivity contribution in [2.45, 2.75) is 16.8 Å². The molecule has 1 aromatic heterocycles. The number of hydrogen-bond donors (Lipinski definition) is 2. The highest BCUT2D eigenvalue weighted by Crippen LogP contribution is 2.33. The Bertz CT molecular complexity index is 652. The van der Waals surface area contributed by atoms with E-state index >= 15 is 0 Å². The maximum Gasteiger partial charge on any atom is 0.436 e. The van der Waals surface area contributed by atoms with Gasteiger partial charge in [0.1, 0.15) is 11.4 Å². The topological polar surface area (TPSA) is 66.0 Å². The van der Waals surface area contributed by atoms with Crippen LogP contribution in [-0.2, 0) is 11.9 Å². The lowest BCUT2D eigenvalue weighted by atomic mass is 10.2. The fourth-order valence-corrected chi connectivity index (χ4v) is 2.45. The first kappa shape index (κ1) is 15.4. The molecule has 2 N–H and O–H groups in total. The Labute approximate surface area is 120 Å². The standard InChI is InChI=1S/C12H8F4N2O2S/c13-6-1-3-7(4-2-6)21-5-8-9(11(19)20)10(18-17-8)12(14,15)16/h1-4H,5H2,(H,17,18)(H,19,20). The van der Waals surface area contributed by atoms with Gasteiger partial charge in [0.2, 0.25) is 0 Å². The van der Waals surface area contributed by atoms with Crippen LogP contribution in [0, 0.1) is 5.82 Å². The predicted octanol–water partition coefficient (Wildman–Crippen LogP) is 3.56. The number of nitrogens with zero attached hydrogens (tertiary/aromatic N) is 1. The number of carbonyl (C=O) groups is 1. The van der Waals surface area contributed by atoms with Gasteiger partial charge in [0.05, 0.1) is 5.69 Å². The van der Waals surface area contributed by atoms with E-state index in [0.29, 0.717) is 4.90 Å². The smallest absolute Gasteiger partial charge is 0.436 e. The van der Waals surface area contributed by atoms with Gasteiger partial charge in [-0.2, -0.15) is 18.3 Å². The van der Waals surface area contributed by atoms with Gasteiger partial charge in [0, 0.05) is 10.6 Å². The number of carboxylic acid groups (broad SMARTS) is 1. The number of carboxylic acids is 1. The van der Waals surface area contributed by atoms with Crippen molar-refractivity contribution in [3.8, 4) is 0 Å². The Balaban J connectivity index is 2.22. The summed E-state index contributed by atoms with van der Waals surface area (Å²) >= 11 is 1.07. The molecule has 0 spiro atoms. The Morgan fingerprint density at radius 2 is 1.90 bits per heavy atom. The third kappa shape index (κ3) is 3.54. The Hall–Kier alpha value is -2.03. The fourth-order valence-electron chi connectivity index (χ4n) is 1.60. The lowest BCUT2D eigenvalue weighted by molar-refractivity contribution is -0.141. The summed E-state index contributed by atoms with van der Waals surface area (Å²) in [5, 5.41) is 14.0. The number of nitrogens with one attached hydrogen (secondary N) is 1. The van der Waals surface area contributed by atoms with Gasteiger partial charge in [-0.3, -0.25) is 5.10 Å². The predicted molar refractivity (Wildman–Crippen MR) is 66.5 cm³/mol. The average molecular weight is 320 g/mol. The highest BCUT2D eigenvalue weighted by Gasteiger charge is 2.40. The van der Waals surface area contributed by atoms with Crippen LogP contribution in [0.1, 0.15) is 21.7 Å². The number of rotatable bonds is 4. The molecule has 4 nitrogen and oxygen atoms in total. The van der Waals surface area contributed by atoms with Crippen LogP contribution in [0.3, 0.4) is 0 Å². The monoisotopic (exact) mass is 320 g/mol. The first-order chi connectivity index (χ1) is 9.79. The van der Waals surface area contributed by atoms with Crippen molar-refractivity contribution < 1.29 is 27.5 Å². The zero-order chi connectivity index (χ0) is 15.6. The fraction of sp³-hybridized carbons (Fsp3) is 0.167. The highest BCUT2D eigenvalue weighted by molar-refractivity contribution is 7.98. The molecular formula is C12H8F4N2O2S. The summed E-state index contributed by atoms with van der Waals surface area (Å²) in [5.74, 6) is -2.20. The number of halogens is 4. The summed E-state index contributed by atoms with van der Waals surface area (Å²) in [6.07, 6.45) is -4.84. The number of alkyl halides is 3. The summed E-state index contributed by atoms with van der Waals surface area (Å²) in [4.78, 5) is 11.6. The van der Waals surface area contributed by atoms with Crippen LogP contribution in [0.5, 0.6) is 0 Å². The lowest BCUT2D eigenvalue weighted by Gasteiger charge is -2.04. The van der Waals surface area contributed by atoms with Crippen LogP contribution in [0.2, 0.25) is 0 Å². The van der Waals surface area contributed by atoms with Crippen molar-refractivity contribution in [1.82, 2.24) is 10.2 Å². The summed E-state index contributed by atoms with van der Waals surface area (Å²) in [6.45, 7) is 0. The third-order valence-electron chi connectivity index (χ3n) is 2.52. The van der Waals surface area contributed by atoms with E-state index in [1.165, 1.54) is 24.3 Å². The maximum atomic E-state index is 12.7. The minimum atomic E-state index is -4.84. The molecule has 0 unspecified atom stereocenters. The van der Waals surface area contributed by atoms with Crippen molar-refractivity contribution >= 4 is 17.7 Å². The van der Waals surface area contributed by atoms with E-state index < -0.39 is 29.2 Å². The molecule has 2 rings (SSSR count). The number of benzene rings is 1. The van der Waals surface area contributed by atoms with Crippen molar-refractivity contribution in [3.05, 3.63) is 47.0 Å². The van der Waals surface area contributed by atoms with E-state index in [0.717, 1.165) is 11.8 Å². The molecule has 9 heteroatoms. The molecule has 1 aromatic carbocycles. The molecule has 0 amide bonds. The van der Waals surface area contributed by atoms with Crippen LogP contribution in [0.15, 0.2) is 29.2 Å². The molecule has 1 heterocycles. The third-order valence-corrected chi connectivity index (χ3v) is 3.56. The molecule has 0 atom stereocenters. The van der Waals surface area contributed by atoms with E-state index in [9.17, 15) is 22.4 Å². The van der Waals surface area contributed by atoms with Crippen molar-refractivity contribution in [1.29, 1.82) is 0 Å². The number of aromatic amines is 1. The number of hydrogen-bond acceptors (Lipinski definition) is 3. The normalized spacial score (nSPS) is 11.6. The van der Waals surface area contributed by atoms with Crippen molar-refractivity contribution in [2.75, 3.05) is 0 Å². The van der Waals surface area contributed by atoms with E-state index in [-0.39, 0.29) is 11.4 Å². The Morgan fingerprint density at radius 3 is 2.43 bits per heavy atom. The van der Waals surface area contributed by atoms with Gasteiger partial charge in [-0.15, -0.1) is 11.8 Å². The molecule has 0 aliphatic carbocycles. The van der Waals surface area contributed by atoms with E-state index in [1.54, 1.807) is 0 Å². The van der Waals surface area contributed by atoms with Gasteiger partial charge in [0.15, 0.2) is 5.69 Å². The molecule has 0 saturated heterocycles. The van der Waals surface area contributed by atoms with E-state index in [1.807, 2.05) is 0 Å². The van der Waals surface area contributed by atoms with Gasteiger partial charge in [-0.25, -0.2) is 9.18 Å². The van der Waals surface area contributed by atoms with Gasteiger partial charge in [-0.05, 0) is 24.3 Å². The largest absolute Gasteiger partial charge is 0.478 e. The van der Waals surface area contributed by atoms with Crippen molar-refractivity contribution in [3.63, 3.8) is 0 Å². The molecule has 21 heavy (non-hydrogen) atoms. The summed E-state index contributed by atoms with van der Waals surface area (Å²) in [5.41, 5.74) is -2.49. The highest BCUT2D eigenvalue weighted by atomic mass is 32.2. The summed E-state index contributed by atoms with van der Waals surface area (Å²) in [6, 6.07) is 5.30. The summed E-state index contributed by atoms with van der Waals surface area (Å²) < 4.78 is 50.6. The molecule has 2 aromatic rings. The second-order valence-electron chi connectivity index (χ2n) is 3.97.